The first-order valence-corrected chi connectivity index (χ1v) is 10.2. The third kappa shape index (κ3) is 4.65. The fourth-order valence-electron chi connectivity index (χ4n) is 3.02. The van der Waals surface area contributed by atoms with Crippen LogP contribution in [0.1, 0.15) is 11.1 Å². The number of non-ortho nitro benzene ring substituents is 1. The minimum Gasteiger partial charge on any atom is -0.489 e. The van der Waals surface area contributed by atoms with Gasteiger partial charge in [-0.25, -0.2) is 0 Å². The molecule has 0 radical (unpaired) electrons. The third-order valence-corrected chi connectivity index (χ3v) is 5.44. The van der Waals surface area contributed by atoms with Crippen molar-refractivity contribution in [3.63, 3.8) is 0 Å². The first kappa shape index (κ1) is 20.4. The van der Waals surface area contributed by atoms with Gasteiger partial charge in [-0.15, -0.1) is 0 Å². The number of nitrogens with one attached hydrogen (secondary N) is 1. The molecule has 4 rings (SSSR count). The van der Waals surface area contributed by atoms with E-state index < -0.39 is 4.92 Å². The van der Waals surface area contributed by atoms with Crippen molar-refractivity contribution in [2.75, 3.05) is 4.90 Å². The topological polar surface area (TPSA) is 96.5 Å². The fourth-order valence-corrected chi connectivity index (χ4v) is 3.88. The number of carbonyl (C=O) groups excluding carboxylic acids is 1. The molecular formula is C23H17N3O4S. The number of amides is 1. The number of nitrogens with zero attached hydrogens (tertiary/aromatic N) is 2. The quantitative estimate of drug-likeness (QED) is 0.327. The summed E-state index contributed by atoms with van der Waals surface area (Å²) in [5, 5.41) is 19.2. The van der Waals surface area contributed by atoms with Crippen LogP contribution >= 0.6 is 11.8 Å². The van der Waals surface area contributed by atoms with Crippen LogP contribution in [0.25, 0.3) is 6.08 Å². The molecule has 0 spiro atoms. The SMILES string of the molecule is N=C1S/C(=C\c2ccc(OCc3ccccc3)cc2)C(=O)N1c1cccc([N+](=O)[O-])c1. The van der Waals surface area contributed by atoms with Crippen LogP contribution in [0.15, 0.2) is 83.8 Å². The molecule has 1 fully saturated rings. The van der Waals surface area contributed by atoms with Gasteiger partial charge in [0.15, 0.2) is 5.17 Å². The summed E-state index contributed by atoms with van der Waals surface area (Å²) in [7, 11) is 0. The van der Waals surface area contributed by atoms with E-state index in [9.17, 15) is 14.9 Å². The summed E-state index contributed by atoms with van der Waals surface area (Å²) in [6.45, 7) is 0.463. The van der Waals surface area contributed by atoms with Crippen molar-refractivity contribution in [2.45, 2.75) is 6.61 Å². The number of hydrogen-bond acceptors (Lipinski definition) is 6. The highest BCUT2D eigenvalue weighted by molar-refractivity contribution is 8.19. The molecule has 0 atom stereocenters. The summed E-state index contributed by atoms with van der Waals surface area (Å²) < 4.78 is 5.77. The molecule has 8 heteroatoms. The van der Waals surface area contributed by atoms with Gasteiger partial charge in [0.2, 0.25) is 0 Å². The summed E-state index contributed by atoms with van der Waals surface area (Å²) in [4.78, 5) is 24.9. The van der Waals surface area contributed by atoms with Crippen molar-refractivity contribution in [1.29, 1.82) is 5.41 Å². The van der Waals surface area contributed by atoms with Crippen molar-refractivity contribution in [2.24, 2.45) is 0 Å². The normalized spacial score (nSPS) is 14.8. The predicted octanol–water partition coefficient (Wildman–Crippen LogP) is 5.23. The van der Waals surface area contributed by atoms with E-state index in [1.165, 1.54) is 23.1 Å². The molecule has 1 amide bonds. The summed E-state index contributed by atoms with van der Waals surface area (Å²) >= 11 is 1.02. The van der Waals surface area contributed by atoms with Gasteiger partial charge in [0.1, 0.15) is 12.4 Å². The minimum atomic E-state index is -0.529. The summed E-state index contributed by atoms with van der Waals surface area (Å²) in [6.07, 6.45) is 1.69. The van der Waals surface area contributed by atoms with Gasteiger partial charge in [-0.2, -0.15) is 0 Å². The predicted molar refractivity (Wildman–Crippen MR) is 121 cm³/mol. The smallest absolute Gasteiger partial charge is 0.271 e. The summed E-state index contributed by atoms with van der Waals surface area (Å²) in [5.74, 6) is 0.322. The highest BCUT2D eigenvalue weighted by Gasteiger charge is 2.34. The van der Waals surface area contributed by atoms with E-state index in [0.29, 0.717) is 22.9 Å². The van der Waals surface area contributed by atoms with Crippen molar-refractivity contribution in [1.82, 2.24) is 0 Å². The molecule has 1 saturated heterocycles. The first-order valence-electron chi connectivity index (χ1n) is 9.35. The lowest BCUT2D eigenvalue weighted by Crippen LogP contribution is -2.28. The van der Waals surface area contributed by atoms with Crippen molar-refractivity contribution in [3.05, 3.63) is 105 Å². The number of benzene rings is 3. The Morgan fingerprint density at radius 3 is 2.48 bits per heavy atom. The Kier molecular flexibility index (Phi) is 5.81. The Morgan fingerprint density at radius 2 is 1.77 bits per heavy atom. The zero-order valence-electron chi connectivity index (χ0n) is 16.2. The Balaban J connectivity index is 1.48. The van der Waals surface area contributed by atoms with Crippen LogP contribution in [-0.2, 0) is 11.4 Å². The average Bonchev–Trinajstić information content (AvgIpc) is 3.06. The van der Waals surface area contributed by atoms with Crippen molar-refractivity contribution >= 4 is 40.3 Å². The number of amidine groups is 1. The van der Waals surface area contributed by atoms with Gasteiger partial charge >= 0.3 is 0 Å². The maximum absolute atomic E-state index is 12.8. The number of rotatable bonds is 6. The molecule has 0 saturated carbocycles. The zero-order chi connectivity index (χ0) is 21.8. The van der Waals surface area contributed by atoms with Gasteiger partial charge in [0.25, 0.3) is 11.6 Å². The molecule has 1 N–H and O–H groups in total. The van der Waals surface area contributed by atoms with E-state index >= 15 is 0 Å². The molecule has 0 aliphatic carbocycles. The molecule has 3 aromatic rings. The number of nitro groups is 1. The van der Waals surface area contributed by atoms with Crippen LogP contribution in [-0.4, -0.2) is 16.0 Å². The van der Waals surface area contributed by atoms with Crippen molar-refractivity contribution < 1.29 is 14.5 Å². The van der Waals surface area contributed by atoms with Gasteiger partial charge in [0.05, 0.1) is 15.5 Å². The van der Waals surface area contributed by atoms with Crippen LogP contribution in [0.2, 0.25) is 0 Å². The van der Waals surface area contributed by atoms with E-state index in [-0.39, 0.29) is 16.8 Å². The van der Waals surface area contributed by atoms with E-state index in [1.54, 1.807) is 12.1 Å². The Labute approximate surface area is 182 Å². The largest absolute Gasteiger partial charge is 0.489 e. The van der Waals surface area contributed by atoms with E-state index in [2.05, 4.69) is 0 Å². The molecule has 1 heterocycles. The second-order valence-electron chi connectivity index (χ2n) is 6.68. The standard InChI is InChI=1S/C23H17N3O4S/c24-23-25(18-7-4-8-19(14-18)26(28)29)22(27)21(31-23)13-16-9-11-20(12-10-16)30-15-17-5-2-1-3-6-17/h1-14,24H,15H2/b21-13-,24-23?. The van der Waals surface area contributed by atoms with Crippen LogP contribution in [0.3, 0.4) is 0 Å². The monoisotopic (exact) mass is 431 g/mol. The molecule has 0 unspecified atom stereocenters. The lowest BCUT2D eigenvalue weighted by atomic mass is 10.2. The summed E-state index contributed by atoms with van der Waals surface area (Å²) in [5.41, 5.74) is 2.02. The Bertz CT molecular complexity index is 1180. The van der Waals surface area contributed by atoms with Crippen LogP contribution < -0.4 is 9.64 Å². The molecule has 1 aliphatic heterocycles. The molecule has 31 heavy (non-hydrogen) atoms. The Hall–Kier alpha value is -3.91. The number of carbonyl (C=O) groups is 1. The molecule has 3 aromatic carbocycles. The van der Waals surface area contributed by atoms with Gasteiger partial charge in [-0.05, 0) is 47.2 Å². The number of hydrogen-bond donors (Lipinski definition) is 1. The van der Waals surface area contributed by atoms with E-state index in [4.69, 9.17) is 10.1 Å². The average molecular weight is 431 g/mol. The maximum atomic E-state index is 12.8. The number of nitro benzene ring substituents is 1. The lowest BCUT2D eigenvalue weighted by molar-refractivity contribution is -0.384. The molecule has 0 bridgehead atoms. The highest BCUT2D eigenvalue weighted by Crippen LogP contribution is 2.36. The third-order valence-electron chi connectivity index (χ3n) is 4.55. The van der Waals surface area contributed by atoms with Gasteiger partial charge < -0.3 is 4.74 Å². The van der Waals surface area contributed by atoms with Crippen molar-refractivity contribution in [3.8, 4) is 5.75 Å². The number of ether oxygens (including phenoxy) is 1. The number of anilines is 1. The van der Waals surface area contributed by atoms with Crippen LogP contribution in [0, 0.1) is 15.5 Å². The number of thioether (sulfide) groups is 1. The minimum absolute atomic E-state index is 0.000405. The fraction of sp³-hybridized carbons (Fsp3) is 0.0435. The highest BCUT2D eigenvalue weighted by atomic mass is 32.2. The van der Waals surface area contributed by atoms with Crippen LogP contribution in [0.5, 0.6) is 5.75 Å². The zero-order valence-corrected chi connectivity index (χ0v) is 17.0. The lowest BCUT2D eigenvalue weighted by Gasteiger charge is -2.13. The summed E-state index contributed by atoms with van der Waals surface area (Å²) in [6, 6.07) is 22.9. The van der Waals surface area contributed by atoms with E-state index in [1.807, 2.05) is 54.6 Å². The first-order chi connectivity index (χ1) is 15.0. The van der Waals surface area contributed by atoms with Gasteiger partial charge in [0, 0.05) is 12.1 Å². The Morgan fingerprint density at radius 1 is 1.03 bits per heavy atom. The second-order valence-corrected chi connectivity index (χ2v) is 7.71. The molecular weight excluding hydrogens is 414 g/mol. The van der Waals surface area contributed by atoms with Crippen LogP contribution in [0.4, 0.5) is 11.4 Å². The molecule has 1 aliphatic rings. The van der Waals surface area contributed by atoms with Gasteiger partial charge in [-0.3, -0.25) is 25.2 Å². The van der Waals surface area contributed by atoms with E-state index in [0.717, 1.165) is 22.9 Å². The molecule has 154 valence electrons. The molecule has 7 nitrogen and oxygen atoms in total. The second kappa shape index (κ2) is 8.85. The van der Waals surface area contributed by atoms with Gasteiger partial charge in [-0.1, -0.05) is 48.5 Å². The maximum Gasteiger partial charge on any atom is 0.271 e. The molecule has 0 aromatic heterocycles.